The first-order valence-corrected chi connectivity index (χ1v) is 14.6. The van der Waals surface area contributed by atoms with Crippen molar-refractivity contribution in [1.29, 1.82) is 0 Å². The summed E-state index contributed by atoms with van der Waals surface area (Å²) in [6.07, 6.45) is 2.79. The minimum absolute atomic E-state index is 0.0183. The molecule has 1 aromatic heterocycles. The summed E-state index contributed by atoms with van der Waals surface area (Å²) in [6, 6.07) is 2.30. The molecule has 0 aromatic carbocycles. The van der Waals surface area contributed by atoms with Gasteiger partial charge in [-0.15, -0.1) is 0 Å². The molecule has 1 N–H and O–H groups in total. The van der Waals surface area contributed by atoms with Crippen molar-refractivity contribution in [1.82, 2.24) is 14.6 Å². The number of esters is 1. The first kappa shape index (κ1) is 29.7. The SMILES string of the molecule is Cc1ccc(S(=O)(=O)N2CCC[C@H]2C(=O)OC(C)(C)C)c(O[C@@H](C)CCCNC2CCC(F)(F)CC2)n1. The Bertz CT molecular complexity index is 1040. The number of nitrogens with zero attached hydrogens (tertiary/aromatic N) is 2. The van der Waals surface area contributed by atoms with Gasteiger partial charge in [0.1, 0.15) is 16.5 Å². The number of aromatic nitrogens is 1. The quantitative estimate of drug-likeness (QED) is 0.339. The highest BCUT2D eigenvalue weighted by Gasteiger charge is 2.43. The molecule has 1 aromatic rings. The zero-order chi connectivity index (χ0) is 27.4. The van der Waals surface area contributed by atoms with Crippen molar-refractivity contribution in [2.24, 2.45) is 0 Å². The normalized spacial score (nSPS) is 22.1. The molecule has 210 valence electrons. The van der Waals surface area contributed by atoms with Gasteiger partial charge in [0.15, 0.2) is 0 Å². The summed E-state index contributed by atoms with van der Waals surface area (Å²) in [4.78, 5) is 17.0. The molecule has 8 nitrogen and oxygen atoms in total. The lowest BCUT2D eigenvalue weighted by Gasteiger charge is -2.29. The van der Waals surface area contributed by atoms with E-state index in [2.05, 4.69) is 10.3 Å². The molecule has 0 amide bonds. The summed E-state index contributed by atoms with van der Waals surface area (Å²) in [5, 5.41) is 3.34. The Kier molecular flexibility index (Phi) is 9.56. The summed E-state index contributed by atoms with van der Waals surface area (Å²) < 4.78 is 66.6. The molecular weight excluding hydrogens is 504 g/mol. The fraction of sp³-hybridized carbons (Fsp3) is 0.769. The molecule has 2 heterocycles. The molecule has 3 rings (SSSR count). The molecular formula is C26H41F2N3O5S. The van der Waals surface area contributed by atoms with E-state index in [0.717, 1.165) is 6.42 Å². The van der Waals surface area contributed by atoms with E-state index in [1.54, 1.807) is 33.8 Å². The summed E-state index contributed by atoms with van der Waals surface area (Å²) in [5.74, 6) is -3.08. The monoisotopic (exact) mass is 545 g/mol. The molecule has 2 fully saturated rings. The predicted molar refractivity (Wildman–Crippen MR) is 136 cm³/mol. The number of carbonyl (C=O) groups excluding carboxylic acids is 1. The van der Waals surface area contributed by atoms with Gasteiger partial charge in [-0.05, 0) is 91.8 Å². The summed E-state index contributed by atoms with van der Waals surface area (Å²) in [5.41, 5.74) is -0.108. The first-order chi connectivity index (χ1) is 17.2. The topological polar surface area (TPSA) is 97.8 Å². The van der Waals surface area contributed by atoms with Crippen LogP contribution in [0, 0.1) is 6.92 Å². The Morgan fingerprint density at radius 2 is 1.92 bits per heavy atom. The van der Waals surface area contributed by atoms with E-state index in [4.69, 9.17) is 9.47 Å². The highest BCUT2D eigenvalue weighted by molar-refractivity contribution is 7.89. The van der Waals surface area contributed by atoms with Gasteiger partial charge in [-0.2, -0.15) is 4.31 Å². The van der Waals surface area contributed by atoms with Crippen LogP contribution in [0.5, 0.6) is 5.88 Å². The highest BCUT2D eigenvalue weighted by Crippen LogP contribution is 2.34. The molecule has 1 saturated heterocycles. The number of nitrogens with one attached hydrogen (secondary N) is 1. The third-order valence-corrected chi connectivity index (χ3v) is 8.61. The van der Waals surface area contributed by atoms with Crippen molar-refractivity contribution in [3.05, 3.63) is 17.8 Å². The van der Waals surface area contributed by atoms with Crippen LogP contribution in [0.2, 0.25) is 0 Å². The zero-order valence-electron chi connectivity index (χ0n) is 22.6. The number of rotatable bonds is 10. The van der Waals surface area contributed by atoms with Gasteiger partial charge in [0.05, 0.1) is 6.10 Å². The Labute approximate surface area is 219 Å². The highest BCUT2D eigenvalue weighted by atomic mass is 32.2. The van der Waals surface area contributed by atoms with Crippen molar-refractivity contribution in [3.8, 4) is 5.88 Å². The van der Waals surface area contributed by atoms with Gasteiger partial charge in [0.2, 0.25) is 21.8 Å². The Morgan fingerprint density at radius 1 is 1.24 bits per heavy atom. The summed E-state index contributed by atoms with van der Waals surface area (Å²) >= 11 is 0. The number of hydrogen-bond donors (Lipinski definition) is 1. The molecule has 37 heavy (non-hydrogen) atoms. The van der Waals surface area contributed by atoms with E-state index >= 15 is 0 Å². The number of aryl methyl sites for hydroxylation is 1. The van der Waals surface area contributed by atoms with Crippen molar-refractivity contribution < 1.29 is 31.5 Å². The van der Waals surface area contributed by atoms with Crippen LogP contribution in [0.4, 0.5) is 8.78 Å². The van der Waals surface area contributed by atoms with Crippen molar-refractivity contribution >= 4 is 16.0 Å². The maximum Gasteiger partial charge on any atom is 0.324 e. The fourth-order valence-corrected chi connectivity index (χ4v) is 6.45. The molecule has 1 aliphatic heterocycles. The van der Waals surface area contributed by atoms with Crippen molar-refractivity contribution in [3.63, 3.8) is 0 Å². The number of alkyl halides is 2. The van der Waals surface area contributed by atoms with Crippen LogP contribution in [0.15, 0.2) is 17.0 Å². The van der Waals surface area contributed by atoms with Crippen molar-refractivity contribution in [2.45, 2.75) is 121 Å². The first-order valence-electron chi connectivity index (χ1n) is 13.2. The van der Waals surface area contributed by atoms with Crippen LogP contribution < -0.4 is 10.1 Å². The fourth-order valence-electron chi connectivity index (χ4n) is 4.75. The molecule has 0 radical (unpaired) electrons. The van der Waals surface area contributed by atoms with Crippen LogP contribution in [0.1, 0.15) is 84.8 Å². The van der Waals surface area contributed by atoms with E-state index < -0.39 is 33.6 Å². The molecule has 0 bridgehead atoms. The standard InChI is InChI=1S/C26H41F2N3O5S/c1-18-10-11-22(37(33,34)31-17-7-9-21(31)24(32)36-25(3,4)5)23(30-18)35-19(2)8-6-16-29-20-12-14-26(27,28)15-13-20/h10-11,19-21,29H,6-9,12-17H2,1-5H3/t19-,21-/m0/s1. The molecule has 0 unspecified atom stereocenters. The third kappa shape index (κ3) is 8.32. The Balaban J connectivity index is 1.62. The molecule has 1 aliphatic carbocycles. The number of hydrogen-bond acceptors (Lipinski definition) is 7. The van der Waals surface area contributed by atoms with E-state index in [0.29, 0.717) is 44.3 Å². The second kappa shape index (κ2) is 11.9. The second-order valence-electron chi connectivity index (χ2n) is 11.2. The van der Waals surface area contributed by atoms with Gasteiger partial charge in [0.25, 0.3) is 0 Å². The minimum atomic E-state index is -4.06. The number of pyridine rings is 1. The number of halogens is 2. The van der Waals surface area contributed by atoms with E-state index in [1.807, 2.05) is 6.92 Å². The van der Waals surface area contributed by atoms with Gasteiger partial charge >= 0.3 is 5.97 Å². The predicted octanol–water partition coefficient (Wildman–Crippen LogP) is 4.60. The maximum atomic E-state index is 13.6. The second-order valence-corrected chi connectivity index (χ2v) is 13.1. The van der Waals surface area contributed by atoms with E-state index in [1.165, 1.54) is 10.4 Å². The van der Waals surface area contributed by atoms with Crippen LogP contribution in [-0.4, -0.2) is 66.5 Å². The van der Waals surface area contributed by atoms with Crippen molar-refractivity contribution in [2.75, 3.05) is 13.1 Å². The summed E-state index contributed by atoms with van der Waals surface area (Å²) in [6.45, 7) is 9.73. The van der Waals surface area contributed by atoms with Gasteiger partial charge in [0, 0.05) is 31.1 Å². The molecule has 0 spiro atoms. The van der Waals surface area contributed by atoms with Gasteiger partial charge in [-0.25, -0.2) is 22.2 Å². The minimum Gasteiger partial charge on any atom is -0.474 e. The molecule has 2 aliphatic rings. The Hall–Kier alpha value is -1.85. The van der Waals surface area contributed by atoms with Gasteiger partial charge in [-0.1, -0.05) is 0 Å². The molecule has 1 saturated carbocycles. The van der Waals surface area contributed by atoms with Crippen LogP contribution in [-0.2, 0) is 19.6 Å². The third-order valence-electron chi connectivity index (χ3n) is 6.68. The zero-order valence-corrected chi connectivity index (χ0v) is 23.4. The van der Waals surface area contributed by atoms with Crippen LogP contribution in [0.3, 0.4) is 0 Å². The number of carbonyl (C=O) groups is 1. The average molecular weight is 546 g/mol. The summed E-state index contributed by atoms with van der Waals surface area (Å²) in [7, 11) is -4.06. The van der Waals surface area contributed by atoms with E-state index in [9.17, 15) is 22.0 Å². The number of sulfonamides is 1. The van der Waals surface area contributed by atoms with E-state index in [-0.39, 0.29) is 42.3 Å². The largest absolute Gasteiger partial charge is 0.474 e. The average Bonchev–Trinajstić information content (AvgIpc) is 3.28. The molecule has 11 heteroatoms. The van der Waals surface area contributed by atoms with Crippen LogP contribution >= 0.6 is 0 Å². The van der Waals surface area contributed by atoms with Gasteiger partial charge in [-0.3, -0.25) is 4.79 Å². The lowest BCUT2D eigenvalue weighted by Crippen LogP contribution is -2.43. The number of ether oxygens (including phenoxy) is 2. The Morgan fingerprint density at radius 3 is 2.57 bits per heavy atom. The smallest absolute Gasteiger partial charge is 0.324 e. The lowest BCUT2D eigenvalue weighted by molar-refractivity contribution is -0.158. The maximum absolute atomic E-state index is 13.6. The van der Waals surface area contributed by atoms with Crippen LogP contribution in [0.25, 0.3) is 0 Å². The molecule has 2 atom stereocenters. The lowest BCUT2D eigenvalue weighted by atomic mass is 9.92. The van der Waals surface area contributed by atoms with Gasteiger partial charge < -0.3 is 14.8 Å².